The van der Waals surface area contributed by atoms with E-state index in [1.54, 1.807) is 35.4 Å². The Morgan fingerprint density at radius 3 is 2.86 bits per heavy atom. The van der Waals surface area contributed by atoms with Gasteiger partial charge in [-0.1, -0.05) is 40.9 Å². The minimum atomic E-state index is -0.167. The third-order valence-electron chi connectivity index (χ3n) is 2.52. The Balaban J connectivity index is 1.73. The van der Waals surface area contributed by atoms with Gasteiger partial charge in [0.15, 0.2) is 13.8 Å². The molecule has 2 heterocycles. The average molecular weight is 367 g/mol. The smallest absolute Gasteiger partial charge is 0.257 e. The zero-order valence-corrected chi connectivity index (χ0v) is 14.6. The number of benzene rings is 1. The van der Waals surface area contributed by atoms with Crippen LogP contribution < -0.4 is 5.32 Å². The molecule has 0 aliphatic heterocycles. The number of rotatable bonds is 5. The van der Waals surface area contributed by atoms with Crippen LogP contribution >= 0.6 is 46.2 Å². The van der Waals surface area contributed by atoms with Gasteiger partial charge in [0.2, 0.25) is 0 Å². The zero-order valence-electron chi connectivity index (χ0n) is 11.3. The largest absolute Gasteiger partial charge is 0.298 e. The minimum absolute atomic E-state index is 0.167. The van der Waals surface area contributed by atoms with E-state index in [2.05, 4.69) is 20.5 Å². The first-order chi connectivity index (χ1) is 10.7. The number of carbonyl (C=O) groups excluding carboxylic acids is 1. The van der Waals surface area contributed by atoms with Crippen LogP contribution in [0.4, 0.5) is 5.13 Å². The Morgan fingerprint density at radius 1 is 1.27 bits per heavy atom. The van der Waals surface area contributed by atoms with Crippen LogP contribution in [0.25, 0.3) is 0 Å². The molecule has 3 rings (SSSR count). The van der Waals surface area contributed by atoms with E-state index in [-0.39, 0.29) is 5.91 Å². The third-order valence-corrected chi connectivity index (χ3v) is 6.14. The molecule has 0 radical (unpaired) electrons. The van der Waals surface area contributed by atoms with Crippen LogP contribution in [0.5, 0.6) is 0 Å². The predicted molar refractivity (Wildman–Crippen MR) is 92.3 cm³/mol. The first-order valence-electron chi connectivity index (χ1n) is 6.11. The maximum Gasteiger partial charge on any atom is 0.257 e. The van der Waals surface area contributed by atoms with Gasteiger partial charge in [0, 0.05) is 22.0 Å². The van der Waals surface area contributed by atoms with Crippen LogP contribution in [0.2, 0.25) is 0 Å². The molecule has 3 aromatic rings. The fourth-order valence-electron chi connectivity index (χ4n) is 1.58. The molecule has 0 aliphatic rings. The van der Waals surface area contributed by atoms with Gasteiger partial charge in [-0.15, -0.1) is 21.5 Å². The number of anilines is 1. The second kappa shape index (κ2) is 7.23. The van der Waals surface area contributed by atoms with E-state index in [0.717, 1.165) is 13.6 Å². The molecule has 2 aromatic heterocycles. The molecule has 22 heavy (non-hydrogen) atoms. The molecule has 0 unspecified atom stereocenters. The number of hydrogen-bond donors (Lipinski definition) is 1. The summed E-state index contributed by atoms with van der Waals surface area (Å²) >= 11 is 6.01. The van der Waals surface area contributed by atoms with Crippen molar-refractivity contribution in [2.24, 2.45) is 0 Å². The van der Waals surface area contributed by atoms with E-state index in [1.807, 2.05) is 29.8 Å². The third kappa shape index (κ3) is 3.86. The molecule has 0 fully saturated rings. The van der Waals surface area contributed by atoms with E-state index in [4.69, 9.17) is 0 Å². The summed E-state index contributed by atoms with van der Waals surface area (Å²) in [6.45, 7) is 0. The molecular formula is C13H10N4OS4. The van der Waals surface area contributed by atoms with Crippen LogP contribution in [-0.4, -0.2) is 27.3 Å². The summed E-state index contributed by atoms with van der Waals surface area (Å²) in [7, 11) is 0. The van der Waals surface area contributed by atoms with Gasteiger partial charge in [0.25, 0.3) is 5.91 Å². The summed E-state index contributed by atoms with van der Waals surface area (Å²) in [6.07, 6.45) is 3.63. The molecule has 0 saturated heterocycles. The molecule has 1 aromatic carbocycles. The van der Waals surface area contributed by atoms with Crippen LogP contribution in [0.3, 0.4) is 0 Å². The predicted octanol–water partition coefficient (Wildman–Crippen LogP) is 4.12. The van der Waals surface area contributed by atoms with Crippen molar-refractivity contribution in [2.75, 3.05) is 11.6 Å². The number of nitrogens with one attached hydrogen (secondary N) is 1. The normalized spacial score (nSPS) is 10.6. The van der Waals surface area contributed by atoms with Crippen molar-refractivity contribution in [3.8, 4) is 0 Å². The van der Waals surface area contributed by atoms with Crippen molar-refractivity contribution >= 4 is 57.2 Å². The fraction of sp³-hybridized carbons (Fsp3) is 0.0769. The molecule has 0 spiro atoms. The van der Waals surface area contributed by atoms with Crippen molar-refractivity contribution in [2.45, 2.75) is 13.6 Å². The lowest BCUT2D eigenvalue weighted by molar-refractivity contribution is 0.102. The summed E-state index contributed by atoms with van der Waals surface area (Å²) in [5.74, 6) is -0.167. The quantitative estimate of drug-likeness (QED) is 0.685. The number of aromatic nitrogens is 3. The van der Waals surface area contributed by atoms with E-state index >= 15 is 0 Å². The second-order valence-corrected chi connectivity index (χ2v) is 8.21. The van der Waals surface area contributed by atoms with Crippen LogP contribution in [0, 0.1) is 0 Å². The molecule has 0 saturated carbocycles. The van der Waals surface area contributed by atoms with Gasteiger partial charge in [-0.05, 0) is 24.5 Å². The first kappa shape index (κ1) is 15.5. The Hall–Kier alpha value is -1.42. The molecular weight excluding hydrogens is 356 g/mol. The summed E-state index contributed by atoms with van der Waals surface area (Å²) in [5.41, 5.74) is 0.592. The van der Waals surface area contributed by atoms with Crippen LogP contribution in [0.15, 0.2) is 49.4 Å². The maximum absolute atomic E-state index is 12.2. The molecule has 1 N–H and O–H groups in total. The molecule has 0 atom stereocenters. The maximum atomic E-state index is 12.2. The summed E-state index contributed by atoms with van der Waals surface area (Å²) in [5, 5.41) is 13.4. The lowest BCUT2D eigenvalue weighted by atomic mass is 10.2. The van der Waals surface area contributed by atoms with Crippen LogP contribution in [0.1, 0.15) is 10.4 Å². The first-order valence-corrected chi connectivity index (χ1v) is 9.84. The topological polar surface area (TPSA) is 67.8 Å². The van der Waals surface area contributed by atoms with Gasteiger partial charge < -0.3 is 0 Å². The number of nitrogens with zero attached hydrogens (tertiary/aromatic N) is 3. The Morgan fingerprint density at radius 2 is 2.14 bits per heavy atom. The van der Waals surface area contributed by atoms with Gasteiger partial charge in [-0.3, -0.25) is 10.1 Å². The number of carbonyl (C=O) groups is 1. The van der Waals surface area contributed by atoms with Crippen LogP contribution in [-0.2, 0) is 0 Å². The minimum Gasteiger partial charge on any atom is -0.298 e. The Labute approximate surface area is 143 Å². The number of thioether (sulfide) groups is 1. The van der Waals surface area contributed by atoms with E-state index in [9.17, 15) is 4.79 Å². The molecule has 9 heteroatoms. The SMILES string of the molecule is CSc1nnc(Sc2cccc(C(=O)Nc3nccs3)c2)s1. The van der Waals surface area contributed by atoms with Gasteiger partial charge in [0.05, 0.1) is 0 Å². The molecule has 0 bridgehead atoms. The number of thiazole rings is 1. The Kier molecular flexibility index (Phi) is 5.08. The summed E-state index contributed by atoms with van der Waals surface area (Å²) < 4.78 is 1.79. The summed E-state index contributed by atoms with van der Waals surface area (Å²) in [4.78, 5) is 17.2. The highest BCUT2D eigenvalue weighted by Crippen LogP contribution is 2.33. The highest BCUT2D eigenvalue weighted by atomic mass is 32.2. The highest BCUT2D eigenvalue weighted by Gasteiger charge is 2.10. The van der Waals surface area contributed by atoms with Gasteiger partial charge in [-0.25, -0.2) is 4.98 Å². The van der Waals surface area contributed by atoms with Crippen molar-refractivity contribution in [3.63, 3.8) is 0 Å². The molecule has 1 amide bonds. The average Bonchev–Trinajstić information content (AvgIpc) is 3.19. The lowest BCUT2D eigenvalue weighted by Gasteiger charge is -2.03. The summed E-state index contributed by atoms with van der Waals surface area (Å²) in [6, 6.07) is 7.43. The number of amides is 1. The van der Waals surface area contributed by atoms with Crippen molar-refractivity contribution in [3.05, 3.63) is 41.4 Å². The van der Waals surface area contributed by atoms with Crippen molar-refractivity contribution in [1.29, 1.82) is 0 Å². The second-order valence-electron chi connectivity index (χ2n) is 3.96. The highest BCUT2D eigenvalue weighted by molar-refractivity contribution is 8.03. The fourth-order valence-corrected chi connectivity index (χ4v) is 4.57. The lowest BCUT2D eigenvalue weighted by Crippen LogP contribution is -2.11. The number of hydrogen-bond acceptors (Lipinski definition) is 8. The molecule has 0 aliphatic carbocycles. The van der Waals surface area contributed by atoms with Gasteiger partial charge in [0.1, 0.15) is 0 Å². The van der Waals surface area contributed by atoms with Gasteiger partial charge in [-0.2, -0.15) is 0 Å². The zero-order chi connectivity index (χ0) is 15.4. The van der Waals surface area contributed by atoms with Crippen molar-refractivity contribution in [1.82, 2.24) is 15.2 Å². The van der Waals surface area contributed by atoms with E-state index in [1.165, 1.54) is 23.1 Å². The van der Waals surface area contributed by atoms with E-state index in [0.29, 0.717) is 10.7 Å². The monoisotopic (exact) mass is 366 g/mol. The molecule has 5 nitrogen and oxygen atoms in total. The Bertz CT molecular complexity index is 772. The van der Waals surface area contributed by atoms with Crippen molar-refractivity contribution < 1.29 is 4.79 Å². The van der Waals surface area contributed by atoms with Gasteiger partial charge >= 0.3 is 0 Å². The molecule has 112 valence electrons. The van der Waals surface area contributed by atoms with E-state index < -0.39 is 0 Å². The standard InChI is InChI=1S/C13H10N4OS4/c1-19-12-16-17-13(22-12)21-9-4-2-3-8(7-9)10(18)15-11-14-5-6-20-11/h2-7H,1H3,(H,14,15,18).